The number of H-pyrrole nitrogens is 1. The topological polar surface area (TPSA) is 48.5 Å². The Balaban J connectivity index is 1.18. The van der Waals surface area contributed by atoms with Crippen LogP contribution < -0.4 is 4.74 Å². The number of nitrogens with zero attached hydrogens (tertiary/aromatic N) is 1. The van der Waals surface area contributed by atoms with Crippen molar-refractivity contribution < 1.29 is 14.2 Å². The minimum absolute atomic E-state index is 0.127. The molecule has 0 aliphatic carbocycles. The van der Waals surface area contributed by atoms with Gasteiger partial charge < -0.3 is 14.8 Å². The van der Waals surface area contributed by atoms with Gasteiger partial charge in [-0.15, -0.1) is 11.3 Å². The van der Waals surface area contributed by atoms with Crippen molar-refractivity contribution in [2.24, 2.45) is 0 Å². The third-order valence-electron chi connectivity index (χ3n) is 6.57. The van der Waals surface area contributed by atoms with E-state index in [1.807, 2.05) is 31.2 Å². The number of nitrogens with one attached hydrogen (secondary N) is 1. The highest BCUT2D eigenvalue weighted by atomic mass is 32.1. The lowest BCUT2D eigenvalue weighted by Crippen LogP contribution is -2.45. The quantitative estimate of drug-likeness (QED) is 0.386. The second kappa shape index (κ2) is 8.85. The van der Waals surface area contributed by atoms with Crippen molar-refractivity contribution in [1.29, 1.82) is 0 Å². The molecule has 2 aromatic carbocycles. The summed E-state index contributed by atoms with van der Waals surface area (Å²) in [5, 5.41) is 12.7. The van der Waals surface area contributed by atoms with Crippen LogP contribution in [0.25, 0.3) is 21.0 Å². The molecule has 2 N–H and O–H groups in total. The predicted octanol–water partition coefficient (Wildman–Crippen LogP) is 5.84. The number of aryl methyl sites for hydroxylation is 1. The molecule has 32 heavy (non-hydrogen) atoms. The first-order valence-corrected chi connectivity index (χ1v) is 12.1. The Morgan fingerprint density at radius 3 is 2.91 bits per heavy atom. The van der Waals surface area contributed by atoms with Gasteiger partial charge in [-0.1, -0.05) is 18.2 Å². The molecule has 1 aliphatic heterocycles. The number of ether oxygens (including phenoxy) is 1. The van der Waals surface area contributed by atoms with Gasteiger partial charge in [0, 0.05) is 34.1 Å². The number of aromatic nitrogens is 1. The number of hydrogen-bond donors (Lipinski definition) is 2. The number of β-amino-alcohol motifs (C(OH)–C–C–N with tert-alkyl or cyclic N) is 1. The Morgan fingerprint density at radius 1 is 1.25 bits per heavy atom. The lowest BCUT2D eigenvalue weighted by atomic mass is 9.90. The molecule has 1 saturated heterocycles. The average Bonchev–Trinajstić information content (AvgIpc) is 3.37. The van der Waals surface area contributed by atoms with E-state index in [1.54, 1.807) is 17.4 Å². The zero-order valence-electron chi connectivity index (χ0n) is 18.5. The summed E-state index contributed by atoms with van der Waals surface area (Å²) in [6.07, 6.45) is 1.49. The van der Waals surface area contributed by atoms with Crippen LogP contribution in [0, 0.1) is 12.7 Å². The van der Waals surface area contributed by atoms with Crippen molar-refractivity contribution in [2.75, 3.05) is 19.7 Å². The average molecular weight is 453 g/mol. The third-order valence-corrected chi connectivity index (χ3v) is 7.89. The number of rotatable bonds is 6. The van der Waals surface area contributed by atoms with Crippen molar-refractivity contribution in [2.45, 2.75) is 44.8 Å². The number of aliphatic hydroxyl groups is 1. The maximum Gasteiger partial charge on any atom is 0.140 e. The van der Waals surface area contributed by atoms with Crippen LogP contribution in [0.5, 0.6) is 5.75 Å². The first kappa shape index (κ1) is 21.4. The molecule has 3 heterocycles. The van der Waals surface area contributed by atoms with Crippen LogP contribution >= 0.6 is 11.3 Å². The molecule has 0 amide bonds. The van der Waals surface area contributed by atoms with E-state index in [1.165, 1.54) is 10.9 Å². The summed E-state index contributed by atoms with van der Waals surface area (Å²) in [6.45, 7) is 6.03. The van der Waals surface area contributed by atoms with Crippen molar-refractivity contribution in [3.63, 3.8) is 0 Å². The van der Waals surface area contributed by atoms with Crippen molar-refractivity contribution in [1.82, 2.24) is 9.88 Å². The number of thiophene rings is 1. The van der Waals surface area contributed by atoms with Gasteiger partial charge >= 0.3 is 0 Å². The number of hydrogen-bond acceptors (Lipinski definition) is 4. The number of benzene rings is 2. The van der Waals surface area contributed by atoms with E-state index >= 15 is 0 Å². The predicted molar refractivity (Wildman–Crippen MR) is 129 cm³/mol. The number of likely N-dealkylation sites (tertiary alicyclic amines) is 1. The first-order chi connectivity index (χ1) is 15.5. The molecule has 5 rings (SSSR count). The van der Waals surface area contributed by atoms with E-state index in [4.69, 9.17) is 4.74 Å². The Hall–Kier alpha value is -2.41. The number of piperidine rings is 1. The molecule has 3 atom stereocenters. The molecule has 2 aromatic heterocycles. The summed E-state index contributed by atoms with van der Waals surface area (Å²) in [5.74, 6) is 1.12. The van der Waals surface area contributed by atoms with Crippen molar-refractivity contribution in [3.8, 4) is 5.75 Å². The van der Waals surface area contributed by atoms with Crippen LogP contribution in [-0.2, 0) is 0 Å². The monoisotopic (exact) mass is 452 g/mol. The molecule has 0 radical (unpaired) electrons. The molecule has 0 saturated carbocycles. The fourth-order valence-corrected chi connectivity index (χ4v) is 6.11. The molecule has 0 bridgehead atoms. The van der Waals surface area contributed by atoms with E-state index < -0.39 is 6.10 Å². The number of aromatic amines is 1. The van der Waals surface area contributed by atoms with Crippen LogP contribution in [0.1, 0.15) is 36.3 Å². The zero-order chi connectivity index (χ0) is 22.2. The van der Waals surface area contributed by atoms with Gasteiger partial charge in [-0.2, -0.15) is 0 Å². The molecule has 1 aliphatic rings. The number of aliphatic hydroxyl groups excluding tert-OH is 1. The second-order valence-corrected chi connectivity index (χ2v) is 10.1. The van der Waals surface area contributed by atoms with Gasteiger partial charge in [0.05, 0.1) is 4.70 Å². The lowest BCUT2D eigenvalue weighted by molar-refractivity contribution is 0.0408. The summed E-state index contributed by atoms with van der Waals surface area (Å²) >= 11 is 1.59. The SMILES string of the molecule is Cc1cc2c(OCC(O)CN3CCC(c4cc5cccc(F)c5s4)CC3C)cccc2[nH]1. The lowest BCUT2D eigenvalue weighted by Gasteiger charge is -2.38. The summed E-state index contributed by atoms with van der Waals surface area (Å²) in [4.78, 5) is 6.94. The highest BCUT2D eigenvalue weighted by Crippen LogP contribution is 2.39. The van der Waals surface area contributed by atoms with E-state index in [0.717, 1.165) is 51.8 Å². The Labute approximate surface area is 191 Å². The van der Waals surface area contributed by atoms with E-state index in [9.17, 15) is 9.50 Å². The zero-order valence-corrected chi connectivity index (χ0v) is 19.3. The van der Waals surface area contributed by atoms with Crippen molar-refractivity contribution >= 4 is 32.3 Å². The molecule has 4 aromatic rings. The molecular formula is C26H29FN2O2S. The van der Waals surface area contributed by atoms with E-state index in [0.29, 0.717) is 18.5 Å². The van der Waals surface area contributed by atoms with Gasteiger partial charge in [-0.05, 0) is 74.9 Å². The minimum atomic E-state index is -0.553. The van der Waals surface area contributed by atoms with Crippen LogP contribution in [0.2, 0.25) is 0 Å². The van der Waals surface area contributed by atoms with Crippen molar-refractivity contribution in [3.05, 3.63) is 64.9 Å². The van der Waals surface area contributed by atoms with E-state index in [2.05, 4.69) is 28.9 Å². The van der Waals surface area contributed by atoms with Gasteiger partial charge in [-0.3, -0.25) is 4.90 Å². The van der Waals surface area contributed by atoms with Crippen LogP contribution in [0.4, 0.5) is 4.39 Å². The van der Waals surface area contributed by atoms with E-state index in [-0.39, 0.29) is 12.4 Å². The molecule has 0 spiro atoms. The van der Waals surface area contributed by atoms with Crippen LogP contribution in [0.15, 0.2) is 48.5 Å². The summed E-state index contributed by atoms with van der Waals surface area (Å²) in [5.41, 5.74) is 2.14. The second-order valence-electron chi connectivity index (χ2n) is 9.01. The Bertz CT molecular complexity index is 1230. The molecule has 3 unspecified atom stereocenters. The van der Waals surface area contributed by atoms with Gasteiger partial charge in [0.15, 0.2) is 0 Å². The molecule has 1 fully saturated rings. The Kier molecular flexibility index (Phi) is 5.93. The van der Waals surface area contributed by atoms with Crippen LogP contribution in [0.3, 0.4) is 0 Å². The minimum Gasteiger partial charge on any atom is -0.490 e. The summed E-state index contributed by atoms with van der Waals surface area (Å²) in [6, 6.07) is 15.8. The third kappa shape index (κ3) is 4.27. The normalized spacial score (nSPS) is 20.8. The summed E-state index contributed by atoms with van der Waals surface area (Å²) < 4.78 is 20.8. The molecular weight excluding hydrogens is 423 g/mol. The van der Waals surface area contributed by atoms with Gasteiger partial charge in [0.25, 0.3) is 0 Å². The smallest absolute Gasteiger partial charge is 0.140 e. The highest BCUT2D eigenvalue weighted by molar-refractivity contribution is 7.19. The maximum absolute atomic E-state index is 14.1. The van der Waals surface area contributed by atoms with Crippen LogP contribution in [-0.4, -0.2) is 46.8 Å². The standard InChI is InChI=1S/C26H29FN2O2S/c1-16-11-21-23(28-16)7-4-8-24(21)31-15-20(30)14-29-10-9-18(12-17(29)2)25-13-19-5-3-6-22(27)26(19)32-25/h3-8,11,13,17-18,20,28,30H,9-10,12,14-15H2,1-2H3. The van der Waals surface area contributed by atoms with Gasteiger partial charge in [0.2, 0.25) is 0 Å². The first-order valence-electron chi connectivity index (χ1n) is 11.3. The van der Waals surface area contributed by atoms with Gasteiger partial charge in [-0.25, -0.2) is 4.39 Å². The highest BCUT2D eigenvalue weighted by Gasteiger charge is 2.29. The fourth-order valence-electron chi connectivity index (χ4n) is 4.90. The fraction of sp³-hybridized carbons (Fsp3) is 0.385. The van der Waals surface area contributed by atoms with Gasteiger partial charge in [0.1, 0.15) is 24.3 Å². The number of halogens is 1. The molecule has 4 nitrogen and oxygen atoms in total. The number of fused-ring (bicyclic) bond motifs is 2. The maximum atomic E-state index is 14.1. The molecule has 6 heteroatoms. The Morgan fingerprint density at radius 2 is 2.09 bits per heavy atom. The summed E-state index contributed by atoms with van der Waals surface area (Å²) in [7, 11) is 0. The largest absolute Gasteiger partial charge is 0.490 e. The molecule has 168 valence electrons.